The van der Waals surface area contributed by atoms with Crippen LogP contribution < -0.4 is 16.0 Å². The first-order chi connectivity index (χ1) is 12.0. The highest BCUT2D eigenvalue weighted by atomic mass is 35.5. The van der Waals surface area contributed by atoms with Gasteiger partial charge in [0.15, 0.2) is 0 Å². The number of hydrogen-bond acceptors (Lipinski definition) is 2. The molecule has 0 aliphatic rings. The van der Waals surface area contributed by atoms with E-state index in [1.807, 2.05) is 25.1 Å². The summed E-state index contributed by atoms with van der Waals surface area (Å²) in [5.41, 5.74) is 1.48. The number of carbonyl (C=O) groups is 2. The third kappa shape index (κ3) is 6.29. The molecule has 0 aliphatic carbocycles. The summed E-state index contributed by atoms with van der Waals surface area (Å²) in [5.74, 6) is -0.182. The van der Waals surface area contributed by atoms with Crippen LogP contribution in [-0.2, 0) is 4.79 Å². The maximum absolute atomic E-state index is 12.0. The number of anilines is 1. The third-order valence-electron chi connectivity index (χ3n) is 3.48. The Morgan fingerprint density at radius 1 is 1.08 bits per heavy atom. The minimum Gasteiger partial charge on any atom is -0.349 e. The van der Waals surface area contributed by atoms with Crippen molar-refractivity contribution < 1.29 is 9.59 Å². The first kappa shape index (κ1) is 19.1. The molecule has 0 aromatic heterocycles. The Balaban J connectivity index is 1.74. The van der Waals surface area contributed by atoms with E-state index in [1.54, 1.807) is 30.3 Å². The molecule has 3 amide bonds. The van der Waals surface area contributed by atoms with Crippen molar-refractivity contribution in [1.29, 1.82) is 0 Å². The normalized spacial score (nSPS) is 11.5. The molecular formula is C18H19Cl2N3O2. The van der Waals surface area contributed by atoms with Crippen LogP contribution in [0.4, 0.5) is 10.5 Å². The summed E-state index contributed by atoms with van der Waals surface area (Å²) >= 11 is 12.0. The van der Waals surface area contributed by atoms with E-state index in [2.05, 4.69) is 16.0 Å². The first-order valence-corrected chi connectivity index (χ1v) is 8.55. The quantitative estimate of drug-likeness (QED) is 0.696. The number of hydrogen-bond donors (Lipinski definition) is 3. The number of benzene rings is 2. The topological polar surface area (TPSA) is 70.2 Å². The van der Waals surface area contributed by atoms with Crippen LogP contribution in [0.3, 0.4) is 0 Å². The Labute approximate surface area is 156 Å². The lowest BCUT2D eigenvalue weighted by molar-refractivity contribution is -0.121. The fourth-order valence-corrected chi connectivity index (χ4v) is 2.80. The molecule has 132 valence electrons. The number of nitrogens with one attached hydrogen (secondary N) is 3. The maximum atomic E-state index is 12.0. The third-order valence-corrected chi connectivity index (χ3v) is 4.04. The summed E-state index contributed by atoms with van der Waals surface area (Å²) in [6.07, 6.45) is 0.164. The van der Waals surface area contributed by atoms with Crippen molar-refractivity contribution in [2.24, 2.45) is 0 Å². The van der Waals surface area contributed by atoms with Crippen LogP contribution in [0.15, 0.2) is 48.5 Å². The van der Waals surface area contributed by atoms with E-state index in [4.69, 9.17) is 23.2 Å². The van der Waals surface area contributed by atoms with Gasteiger partial charge in [0.05, 0.1) is 6.04 Å². The van der Waals surface area contributed by atoms with Gasteiger partial charge in [0.1, 0.15) is 0 Å². The Bertz CT molecular complexity index is 738. The molecule has 3 N–H and O–H groups in total. The lowest BCUT2D eigenvalue weighted by Crippen LogP contribution is -2.34. The zero-order valence-corrected chi connectivity index (χ0v) is 15.2. The molecular weight excluding hydrogens is 361 g/mol. The molecule has 0 aliphatic heterocycles. The van der Waals surface area contributed by atoms with Crippen molar-refractivity contribution in [3.05, 3.63) is 64.1 Å². The lowest BCUT2D eigenvalue weighted by Gasteiger charge is -2.16. The molecule has 1 unspecified atom stereocenters. The van der Waals surface area contributed by atoms with Gasteiger partial charge < -0.3 is 16.0 Å². The fraction of sp³-hybridized carbons (Fsp3) is 0.222. The number of amides is 3. The van der Waals surface area contributed by atoms with E-state index in [0.717, 1.165) is 5.56 Å². The van der Waals surface area contributed by atoms with E-state index in [-0.39, 0.29) is 30.9 Å². The molecule has 2 aromatic rings. The number of para-hydroxylation sites is 1. The first-order valence-electron chi connectivity index (χ1n) is 7.80. The maximum Gasteiger partial charge on any atom is 0.319 e. The molecule has 2 aromatic carbocycles. The summed E-state index contributed by atoms with van der Waals surface area (Å²) in [6, 6.07) is 13.6. The average molecular weight is 380 g/mol. The van der Waals surface area contributed by atoms with E-state index in [9.17, 15) is 9.59 Å². The van der Waals surface area contributed by atoms with E-state index in [1.165, 1.54) is 0 Å². The van der Waals surface area contributed by atoms with Crippen molar-refractivity contribution in [2.45, 2.75) is 19.4 Å². The summed E-state index contributed by atoms with van der Waals surface area (Å²) in [7, 11) is 0. The molecule has 0 saturated heterocycles. The number of rotatable bonds is 6. The van der Waals surface area contributed by atoms with Crippen molar-refractivity contribution >= 4 is 40.8 Å². The van der Waals surface area contributed by atoms with Crippen LogP contribution >= 0.6 is 23.2 Å². The van der Waals surface area contributed by atoms with Crippen molar-refractivity contribution in [2.75, 3.05) is 11.9 Å². The van der Waals surface area contributed by atoms with Crippen LogP contribution in [0.25, 0.3) is 0 Å². The molecule has 0 radical (unpaired) electrons. The summed E-state index contributed by atoms with van der Waals surface area (Å²) in [6.45, 7) is 2.06. The Hall–Kier alpha value is -2.24. The van der Waals surface area contributed by atoms with Gasteiger partial charge in [0, 0.05) is 28.7 Å². The van der Waals surface area contributed by atoms with Crippen LogP contribution in [0.5, 0.6) is 0 Å². The SMILES string of the molecule is CC(NC(=O)CCNC(=O)Nc1ccccc1)c1ccc(Cl)cc1Cl. The highest BCUT2D eigenvalue weighted by Gasteiger charge is 2.13. The fourth-order valence-electron chi connectivity index (χ4n) is 2.23. The molecule has 25 heavy (non-hydrogen) atoms. The molecule has 2 rings (SSSR count). The molecule has 5 nitrogen and oxygen atoms in total. The highest BCUT2D eigenvalue weighted by Crippen LogP contribution is 2.26. The zero-order chi connectivity index (χ0) is 18.2. The Morgan fingerprint density at radius 3 is 2.48 bits per heavy atom. The lowest BCUT2D eigenvalue weighted by atomic mass is 10.1. The predicted molar refractivity (Wildman–Crippen MR) is 101 cm³/mol. The van der Waals surface area contributed by atoms with Crippen LogP contribution in [-0.4, -0.2) is 18.5 Å². The standard InChI is InChI=1S/C18H19Cl2N3O2/c1-12(15-8-7-13(19)11-16(15)20)22-17(24)9-10-21-18(25)23-14-5-3-2-4-6-14/h2-8,11-12H,9-10H2,1H3,(H,22,24)(H2,21,23,25). The van der Waals surface area contributed by atoms with Gasteiger partial charge in [-0.2, -0.15) is 0 Å². The van der Waals surface area contributed by atoms with Crippen LogP contribution in [0.1, 0.15) is 24.9 Å². The van der Waals surface area contributed by atoms with Crippen LogP contribution in [0, 0.1) is 0 Å². The highest BCUT2D eigenvalue weighted by molar-refractivity contribution is 6.35. The predicted octanol–water partition coefficient (Wildman–Crippen LogP) is 4.38. The van der Waals surface area contributed by atoms with Gasteiger partial charge in [0.2, 0.25) is 5.91 Å². The summed E-state index contributed by atoms with van der Waals surface area (Å²) in [4.78, 5) is 23.7. The number of carbonyl (C=O) groups excluding carboxylic acids is 2. The molecule has 0 bridgehead atoms. The smallest absolute Gasteiger partial charge is 0.319 e. The van der Waals surface area contributed by atoms with Gasteiger partial charge in [0.25, 0.3) is 0 Å². The molecule has 7 heteroatoms. The molecule has 1 atom stereocenters. The van der Waals surface area contributed by atoms with Gasteiger partial charge >= 0.3 is 6.03 Å². The van der Waals surface area contributed by atoms with Crippen molar-refractivity contribution in [3.63, 3.8) is 0 Å². The second-order valence-electron chi connectivity index (χ2n) is 5.45. The van der Waals surface area contributed by atoms with Crippen LogP contribution in [0.2, 0.25) is 10.0 Å². The van der Waals surface area contributed by atoms with Gasteiger partial charge in [-0.3, -0.25) is 4.79 Å². The zero-order valence-electron chi connectivity index (χ0n) is 13.7. The van der Waals surface area contributed by atoms with Crippen molar-refractivity contribution in [1.82, 2.24) is 10.6 Å². The van der Waals surface area contributed by atoms with Crippen molar-refractivity contribution in [3.8, 4) is 0 Å². The second kappa shape index (κ2) is 9.30. The number of urea groups is 1. The average Bonchev–Trinajstić information content (AvgIpc) is 2.55. The largest absolute Gasteiger partial charge is 0.349 e. The summed E-state index contributed by atoms with van der Waals surface area (Å²) < 4.78 is 0. The van der Waals surface area contributed by atoms with E-state index in [0.29, 0.717) is 15.7 Å². The monoisotopic (exact) mass is 379 g/mol. The number of halogens is 2. The summed E-state index contributed by atoms with van der Waals surface area (Å²) in [5, 5.41) is 9.21. The Kier molecular flexibility index (Phi) is 7.10. The van der Waals surface area contributed by atoms with Gasteiger partial charge in [-0.05, 0) is 36.8 Å². The van der Waals surface area contributed by atoms with Gasteiger partial charge in [-0.15, -0.1) is 0 Å². The molecule has 0 saturated carbocycles. The van der Waals surface area contributed by atoms with Gasteiger partial charge in [-0.1, -0.05) is 47.5 Å². The van der Waals surface area contributed by atoms with E-state index >= 15 is 0 Å². The second-order valence-corrected chi connectivity index (χ2v) is 6.30. The van der Waals surface area contributed by atoms with E-state index < -0.39 is 0 Å². The Morgan fingerprint density at radius 2 is 1.80 bits per heavy atom. The molecule has 0 fully saturated rings. The minimum absolute atomic E-state index is 0.164. The van der Waals surface area contributed by atoms with Gasteiger partial charge in [-0.25, -0.2) is 4.79 Å². The molecule has 0 spiro atoms. The molecule has 0 heterocycles. The minimum atomic E-state index is -0.354.